The molecular weight excluding hydrogens is 112 g/mol. The quantitative estimate of drug-likeness (QED) is 0.477. The van der Waals surface area contributed by atoms with Crippen LogP contribution in [-0.2, 0) is 4.74 Å². The first-order valence-electron chi connectivity index (χ1n) is 3.41. The van der Waals surface area contributed by atoms with E-state index in [1.807, 2.05) is 12.2 Å². The Morgan fingerprint density at radius 2 is 2.11 bits per heavy atom. The molecule has 0 radical (unpaired) electrons. The summed E-state index contributed by atoms with van der Waals surface area (Å²) in [5, 5.41) is 0. The fourth-order valence-corrected chi connectivity index (χ4v) is 1.10. The zero-order chi connectivity index (χ0) is 6.16. The van der Waals surface area contributed by atoms with Crippen molar-refractivity contribution >= 4 is 0 Å². The van der Waals surface area contributed by atoms with Crippen molar-refractivity contribution in [3.63, 3.8) is 0 Å². The molecule has 1 aliphatic heterocycles. The van der Waals surface area contributed by atoms with Crippen molar-refractivity contribution in [1.82, 2.24) is 0 Å². The molecule has 48 valence electrons. The van der Waals surface area contributed by atoms with Crippen molar-refractivity contribution in [2.45, 2.75) is 24.9 Å². The standard InChI is InChI=1S/C8H10O/c1-2-4-8(5-6-8)9-7-3-1/h1-3,7H,4-6H2. The van der Waals surface area contributed by atoms with Crippen LogP contribution in [0, 0.1) is 0 Å². The van der Waals surface area contributed by atoms with Gasteiger partial charge in [-0.05, 0) is 18.9 Å². The summed E-state index contributed by atoms with van der Waals surface area (Å²) in [5.41, 5.74) is 0.240. The molecule has 0 aromatic carbocycles. The summed E-state index contributed by atoms with van der Waals surface area (Å²) in [6.07, 6.45) is 11.6. The molecule has 0 aromatic heterocycles. The van der Waals surface area contributed by atoms with Crippen LogP contribution in [0.5, 0.6) is 0 Å². The Morgan fingerprint density at radius 3 is 2.89 bits per heavy atom. The molecule has 1 fully saturated rings. The van der Waals surface area contributed by atoms with E-state index >= 15 is 0 Å². The number of rotatable bonds is 0. The minimum atomic E-state index is 0.240. The average Bonchev–Trinajstić information content (AvgIpc) is 2.64. The first kappa shape index (κ1) is 5.10. The van der Waals surface area contributed by atoms with Gasteiger partial charge in [0, 0.05) is 6.42 Å². The highest BCUT2D eigenvalue weighted by atomic mass is 16.5. The molecule has 0 unspecified atom stereocenters. The SMILES string of the molecule is C1=CCC2(CC2)OC=C1. The van der Waals surface area contributed by atoms with Crippen molar-refractivity contribution in [3.05, 3.63) is 24.5 Å². The molecule has 1 nitrogen and oxygen atoms in total. The molecule has 1 saturated carbocycles. The largest absolute Gasteiger partial charge is 0.495 e. The summed E-state index contributed by atoms with van der Waals surface area (Å²) < 4.78 is 5.46. The lowest BCUT2D eigenvalue weighted by molar-refractivity contribution is 0.126. The van der Waals surface area contributed by atoms with Gasteiger partial charge in [-0.3, -0.25) is 0 Å². The minimum absolute atomic E-state index is 0.240. The Balaban J connectivity index is 2.12. The Morgan fingerprint density at radius 1 is 1.22 bits per heavy atom. The van der Waals surface area contributed by atoms with Crippen molar-refractivity contribution in [2.24, 2.45) is 0 Å². The lowest BCUT2D eigenvalue weighted by Gasteiger charge is -2.09. The van der Waals surface area contributed by atoms with Gasteiger partial charge in [-0.1, -0.05) is 12.2 Å². The van der Waals surface area contributed by atoms with Gasteiger partial charge in [-0.15, -0.1) is 0 Å². The third kappa shape index (κ3) is 0.869. The molecule has 0 amide bonds. The van der Waals surface area contributed by atoms with Crippen LogP contribution < -0.4 is 0 Å². The van der Waals surface area contributed by atoms with Gasteiger partial charge in [0.25, 0.3) is 0 Å². The highest BCUT2D eigenvalue weighted by Gasteiger charge is 2.43. The molecular formula is C8H10O. The first-order chi connectivity index (χ1) is 4.41. The lowest BCUT2D eigenvalue weighted by atomic mass is 10.2. The number of allylic oxidation sites excluding steroid dienone is 2. The third-order valence-corrected chi connectivity index (χ3v) is 1.94. The van der Waals surface area contributed by atoms with E-state index in [0.717, 1.165) is 6.42 Å². The second-order valence-electron chi connectivity index (χ2n) is 2.76. The molecule has 1 heteroatoms. The van der Waals surface area contributed by atoms with Crippen molar-refractivity contribution in [3.8, 4) is 0 Å². The molecule has 1 aliphatic carbocycles. The monoisotopic (exact) mass is 122 g/mol. The average molecular weight is 122 g/mol. The van der Waals surface area contributed by atoms with E-state index < -0.39 is 0 Å². The van der Waals surface area contributed by atoms with Gasteiger partial charge in [0.1, 0.15) is 5.60 Å². The Bertz CT molecular complexity index is 147. The third-order valence-electron chi connectivity index (χ3n) is 1.94. The summed E-state index contributed by atoms with van der Waals surface area (Å²) >= 11 is 0. The van der Waals surface area contributed by atoms with E-state index in [4.69, 9.17) is 4.74 Å². The van der Waals surface area contributed by atoms with Crippen LogP contribution in [0.25, 0.3) is 0 Å². The molecule has 0 saturated heterocycles. The van der Waals surface area contributed by atoms with E-state index in [1.165, 1.54) is 12.8 Å². The molecule has 2 aliphatic rings. The second-order valence-corrected chi connectivity index (χ2v) is 2.76. The van der Waals surface area contributed by atoms with Gasteiger partial charge in [0.05, 0.1) is 6.26 Å². The topological polar surface area (TPSA) is 9.23 Å². The zero-order valence-corrected chi connectivity index (χ0v) is 5.34. The van der Waals surface area contributed by atoms with Gasteiger partial charge < -0.3 is 4.74 Å². The highest BCUT2D eigenvalue weighted by Crippen LogP contribution is 2.43. The van der Waals surface area contributed by atoms with Gasteiger partial charge in [0.15, 0.2) is 0 Å². The molecule has 2 rings (SSSR count). The van der Waals surface area contributed by atoms with Crippen LogP contribution in [-0.4, -0.2) is 5.60 Å². The summed E-state index contributed by atoms with van der Waals surface area (Å²) in [4.78, 5) is 0. The Kier molecular flexibility index (Phi) is 0.922. The maximum Gasteiger partial charge on any atom is 0.112 e. The predicted molar refractivity (Wildman–Crippen MR) is 35.9 cm³/mol. The molecule has 0 aromatic rings. The van der Waals surface area contributed by atoms with Crippen LogP contribution in [0.1, 0.15) is 19.3 Å². The number of ether oxygens (including phenoxy) is 1. The number of hydrogen-bond acceptors (Lipinski definition) is 1. The first-order valence-corrected chi connectivity index (χ1v) is 3.41. The van der Waals surface area contributed by atoms with Crippen molar-refractivity contribution in [2.75, 3.05) is 0 Å². The molecule has 9 heavy (non-hydrogen) atoms. The van der Waals surface area contributed by atoms with Gasteiger partial charge >= 0.3 is 0 Å². The Hall–Kier alpha value is -0.720. The van der Waals surface area contributed by atoms with E-state index in [9.17, 15) is 0 Å². The van der Waals surface area contributed by atoms with E-state index in [1.54, 1.807) is 6.26 Å². The van der Waals surface area contributed by atoms with Crippen LogP contribution in [0.4, 0.5) is 0 Å². The number of hydrogen-bond donors (Lipinski definition) is 0. The summed E-state index contributed by atoms with van der Waals surface area (Å²) in [5.74, 6) is 0. The Labute approximate surface area is 55.0 Å². The van der Waals surface area contributed by atoms with Crippen LogP contribution in [0.3, 0.4) is 0 Å². The normalized spacial score (nSPS) is 27.6. The van der Waals surface area contributed by atoms with Crippen molar-refractivity contribution < 1.29 is 4.74 Å². The highest BCUT2D eigenvalue weighted by molar-refractivity contribution is 5.11. The van der Waals surface area contributed by atoms with Gasteiger partial charge in [0.2, 0.25) is 0 Å². The molecule has 0 bridgehead atoms. The van der Waals surface area contributed by atoms with Crippen LogP contribution in [0.2, 0.25) is 0 Å². The molecule has 0 atom stereocenters. The second kappa shape index (κ2) is 1.63. The lowest BCUT2D eigenvalue weighted by Crippen LogP contribution is -2.07. The van der Waals surface area contributed by atoms with E-state index in [-0.39, 0.29) is 5.60 Å². The fourth-order valence-electron chi connectivity index (χ4n) is 1.10. The molecule has 1 heterocycles. The smallest absolute Gasteiger partial charge is 0.112 e. The minimum Gasteiger partial charge on any atom is -0.495 e. The van der Waals surface area contributed by atoms with Crippen LogP contribution >= 0.6 is 0 Å². The van der Waals surface area contributed by atoms with Gasteiger partial charge in [-0.25, -0.2) is 0 Å². The van der Waals surface area contributed by atoms with Gasteiger partial charge in [-0.2, -0.15) is 0 Å². The summed E-state index contributed by atoms with van der Waals surface area (Å²) in [6, 6.07) is 0. The van der Waals surface area contributed by atoms with E-state index in [0.29, 0.717) is 0 Å². The maximum atomic E-state index is 5.46. The summed E-state index contributed by atoms with van der Waals surface area (Å²) in [7, 11) is 0. The fraction of sp³-hybridized carbons (Fsp3) is 0.500. The zero-order valence-electron chi connectivity index (χ0n) is 5.34. The summed E-state index contributed by atoms with van der Waals surface area (Å²) in [6.45, 7) is 0. The van der Waals surface area contributed by atoms with Crippen LogP contribution in [0.15, 0.2) is 24.5 Å². The molecule has 1 spiro atoms. The maximum absolute atomic E-state index is 5.46. The predicted octanol–water partition coefficient (Wildman–Crippen LogP) is 2.01. The molecule has 0 N–H and O–H groups in total. The van der Waals surface area contributed by atoms with Crippen molar-refractivity contribution in [1.29, 1.82) is 0 Å². The van der Waals surface area contributed by atoms with E-state index in [2.05, 4.69) is 6.08 Å².